The zero-order valence-electron chi connectivity index (χ0n) is 15.0. The van der Waals surface area contributed by atoms with Gasteiger partial charge in [0.25, 0.3) is 0 Å². The van der Waals surface area contributed by atoms with E-state index in [-0.39, 0.29) is 5.82 Å². The van der Waals surface area contributed by atoms with Gasteiger partial charge in [0.05, 0.1) is 16.5 Å². The summed E-state index contributed by atoms with van der Waals surface area (Å²) >= 11 is 0. The van der Waals surface area contributed by atoms with E-state index in [0.717, 1.165) is 34.4 Å². The summed E-state index contributed by atoms with van der Waals surface area (Å²) in [5.74, 6) is 0.219. The number of aromatic nitrogens is 2. The number of fused-ring (bicyclic) bond motifs is 1. The molecule has 0 aliphatic carbocycles. The second kappa shape index (κ2) is 6.84. The summed E-state index contributed by atoms with van der Waals surface area (Å²) in [4.78, 5) is 8.15. The zero-order valence-corrected chi connectivity index (χ0v) is 15.8. The normalized spacial score (nSPS) is 15.5. The Hall–Kier alpha value is -3.05. The van der Waals surface area contributed by atoms with Crippen molar-refractivity contribution in [3.63, 3.8) is 0 Å². The molecular weight excluding hydrogens is 371 g/mol. The Morgan fingerprint density at radius 1 is 0.929 bits per heavy atom. The standard InChI is InChI=1S/C23H17FN2OS/c24-20-14-22-17(8-11-28(22)27)12-19(20)21-13-18(15-6-9-25-10-7-15)23(26-21)16-4-2-1-3-5-16/h1-7,9-10,12-14,26H,8,11H2. The molecule has 5 heteroatoms. The van der Waals surface area contributed by atoms with Crippen LogP contribution in [0.1, 0.15) is 5.56 Å². The highest BCUT2D eigenvalue weighted by atomic mass is 32.2. The van der Waals surface area contributed by atoms with Crippen molar-refractivity contribution in [1.82, 2.24) is 9.97 Å². The highest BCUT2D eigenvalue weighted by Gasteiger charge is 2.23. The molecule has 1 atom stereocenters. The van der Waals surface area contributed by atoms with Crippen LogP contribution in [0.25, 0.3) is 33.6 Å². The third-order valence-electron chi connectivity index (χ3n) is 5.11. The number of aryl methyl sites for hydroxylation is 1. The highest BCUT2D eigenvalue weighted by Crippen LogP contribution is 2.38. The lowest BCUT2D eigenvalue weighted by Crippen LogP contribution is -1.91. The lowest BCUT2D eigenvalue weighted by atomic mass is 10.0. The van der Waals surface area contributed by atoms with Gasteiger partial charge in [-0.2, -0.15) is 0 Å². The van der Waals surface area contributed by atoms with Crippen LogP contribution in [0.15, 0.2) is 78.0 Å². The number of aromatic amines is 1. The predicted molar refractivity (Wildman–Crippen MR) is 110 cm³/mol. The number of pyridine rings is 1. The summed E-state index contributed by atoms with van der Waals surface area (Å²) in [6, 6.07) is 19.1. The van der Waals surface area contributed by atoms with Gasteiger partial charge in [0, 0.05) is 39.9 Å². The third kappa shape index (κ3) is 2.88. The van der Waals surface area contributed by atoms with Gasteiger partial charge < -0.3 is 4.98 Å². The minimum absolute atomic E-state index is 0.351. The number of halogens is 1. The van der Waals surface area contributed by atoms with Gasteiger partial charge in [-0.15, -0.1) is 0 Å². The van der Waals surface area contributed by atoms with Gasteiger partial charge in [-0.1, -0.05) is 30.3 Å². The largest absolute Gasteiger partial charge is 0.354 e. The molecule has 1 N–H and O–H groups in total. The number of rotatable bonds is 3. The molecule has 1 aliphatic rings. The van der Waals surface area contributed by atoms with Crippen LogP contribution in [-0.4, -0.2) is 19.9 Å². The van der Waals surface area contributed by atoms with Crippen LogP contribution in [-0.2, 0) is 17.2 Å². The first-order valence-corrected chi connectivity index (χ1v) is 10.4. The monoisotopic (exact) mass is 388 g/mol. The number of benzene rings is 2. The summed E-state index contributed by atoms with van der Waals surface area (Å²) in [6.45, 7) is 0. The average molecular weight is 388 g/mol. The Labute approximate surface area is 164 Å². The van der Waals surface area contributed by atoms with Gasteiger partial charge in [0.15, 0.2) is 0 Å². The van der Waals surface area contributed by atoms with Crippen molar-refractivity contribution in [1.29, 1.82) is 0 Å². The summed E-state index contributed by atoms with van der Waals surface area (Å²) in [5.41, 5.74) is 6.16. The van der Waals surface area contributed by atoms with Crippen molar-refractivity contribution in [3.8, 4) is 33.6 Å². The lowest BCUT2D eigenvalue weighted by molar-refractivity contribution is 0.625. The van der Waals surface area contributed by atoms with Gasteiger partial charge in [-0.25, -0.2) is 4.39 Å². The molecule has 0 spiro atoms. The fourth-order valence-electron chi connectivity index (χ4n) is 3.72. The number of hydrogen-bond acceptors (Lipinski definition) is 2. The number of H-pyrrole nitrogens is 1. The first-order chi connectivity index (χ1) is 13.7. The second-order valence-electron chi connectivity index (χ2n) is 6.81. The van der Waals surface area contributed by atoms with Crippen molar-refractivity contribution in [2.24, 2.45) is 0 Å². The zero-order chi connectivity index (χ0) is 19.1. The smallest absolute Gasteiger partial charge is 0.133 e. The van der Waals surface area contributed by atoms with Crippen LogP contribution < -0.4 is 0 Å². The van der Waals surface area contributed by atoms with Gasteiger partial charge in [0.2, 0.25) is 0 Å². The van der Waals surface area contributed by atoms with Gasteiger partial charge in [-0.05, 0) is 53.4 Å². The maximum atomic E-state index is 14.9. The van der Waals surface area contributed by atoms with Crippen LogP contribution >= 0.6 is 0 Å². The fraction of sp³-hybridized carbons (Fsp3) is 0.0870. The molecule has 138 valence electrons. The molecule has 2 aromatic heterocycles. The molecule has 0 fully saturated rings. The molecule has 28 heavy (non-hydrogen) atoms. The van der Waals surface area contributed by atoms with Crippen LogP contribution in [0.5, 0.6) is 0 Å². The predicted octanol–water partition coefficient (Wildman–Crippen LogP) is 5.21. The Kier molecular flexibility index (Phi) is 4.17. The number of nitrogens with one attached hydrogen (secondary N) is 1. The van der Waals surface area contributed by atoms with E-state index in [1.54, 1.807) is 12.4 Å². The molecule has 0 radical (unpaired) electrons. The third-order valence-corrected chi connectivity index (χ3v) is 6.56. The minimum Gasteiger partial charge on any atom is -0.354 e. The lowest BCUT2D eigenvalue weighted by Gasteiger charge is -2.05. The first kappa shape index (κ1) is 17.1. The topological polar surface area (TPSA) is 45.8 Å². The van der Waals surface area contributed by atoms with Crippen LogP contribution in [0.4, 0.5) is 4.39 Å². The van der Waals surface area contributed by atoms with Crippen molar-refractivity contribution in [3.05, 3.63) is 84.4 Å². The van der Waals surface area contributed by atoms with Crippen LogP contribution in [0.2, 0.25) is 0 Å². The Morgan fingerprint density at radius 2 is 1.71 bits per heavy atom. The summed E-state index contributed by atoms with van der Waals surface area (Å²) in [6.07, 6.45) is 4.23. The van der Waals surface area contributed by atoms with Gasteiger partial charge in [-0.3, -0.25) is 9.19 Å². The Bertz CT molecular complexity index is 1130. The molecular formula is C23H17FN2OS. The molecule has 0 bridgehead atoms. The Balaban J connectivity index is 1.70. The van der Waals surface area contributed by atoms with E-state index in [1.165, 1.54) is 6.07 Å². The van der Waals surface area contributed by atoms with Crippen LogP contribution in [0.3, 0.4) is 0 Å². The number of nitrogens with zero attached hydrogens (tertiary/aromatic N) is 1. The molecule has 5 rings (SSSR count). The fourth-order valence-corrected chi connectivity index (χ4v) is 5.03. The van der Waals surface area contributed by atoms with E-state index in [2.05, 4.69) is 9.97 Å². The minimum atomic E-state index is -1.09. The van der Waals surface area contributed by atoms with E-state index in [1.807, 2.05) is 54.6 Å². The number of hydrogen-bond donors (Lipinski definition) is 1. The van der Waals surface area contributed by atoms with E-state index < -0.39 is 10.8 Å². The molecule has 0 amide bonds. The molecule has 3 nitrogen and oxygen atoms in total. The molecule has 0 saturated carbocycles. The average Bonchev–Trinajstić information content (AvgIpc) is 3.33. The van der Waals surface area contributed by atoms with Crippen LogP contribution in [0, 0.1) is 5.82 Å². The maximum Gasteiger partial charge on any atom is 0.133 e. The summed E-state index contributed by atoms with van der Waals surface area (Å²) in [5, 5.41) is 0. The SMILES string of the molecule is O=S1CCc2cc(-c3cc(-c4ccncc4)c(-c4ccccc4)[nH]3)c(F)cc21. The van der Waals surface area contributed by atoms with Crippen molar-refractivity contribution in [2.75, 3.05) is 5.75 Å². The maximum absolute atomic E-state index is 14.9. The van der Waals surface area contributed by atoms with Gasteiger partial charge in [0.1, 0.15) is 5.82 Å². The second-order valence-corrected chi connectivity index (χ2v) is 8.35. The quantitative estimate of drug-likeness (QED) is 0.523. The van der Waals surface area contributed by atoms with E-state index in [0.29, 0.717) is 21.9 Å². The van der Waals surface area contributed by atoms with Crippen molar-refractivity contribution < 1.29 is 8.60 Å². The molecule has 0 saturated heterocycles. The molecule has 1 aliphatic heterocycles. The van der Waals surface area contributed by atoms with Crippen molar-refractivity contribution >= 4 is 10.8 Å². The van der Waals surface area contributed by atoms with E-state index in [4.69, 9.17) is 0 Å². The highest BCUT2D eigenvalue weighted by molar-refractivity contribution is 7.85. The van der Waals surface area contributed by atoms with E-state index in [9.17, 15) is 8.60 Å². The molecule has 1 unspecified atom stereocenters. The molecule has 4 aromatic rings. The molecule has 2 aromatic carbocycles. The first-order valence-electron chi connectivity index (χ1n) is 9.11. The van der Waals surface area contributed by atoms with Crippen molar-refractivity contribution in [2.45, 2.75) is 11.3 Å². The summed E-state index contributed by atoms with van der Waals surface area (Å²) in [7, 11) is -1.09. The van der Waals surface area contributed by atoms with E-state index >= 15 is 0 Å². The van der Waals surface area contributed by atoms with Gasteiger partial charge >= 0.3 is 0 Å². The molecule has 3 heterocycles. The Morgan fingerprint density at radius 3 is 2.50 bits per heavy atom. The summed E-state index contributed by atoms with van der Waals surface area (Å²) < 4.78 is 26.9.